The number of thiocarbonyl (C=S) groups is 1. The first-order chi connectivity index (χ1) is 9.99. The molecule has 1 aliphatic rings. The third-order valence-electron chi connectivity index (χ3n) is 2.62. The van der Waals surface area contributed by atoms with Gasteiger partial charge < -0.3 is 0 Å². The van der Waals surface area contributed by atoms with Gasteiger partial charge in [0.2, 0.25) is 0 Å². The van der Waals surface area contributed by atoms with Crippen LogP contribution in [0.2, 0.25) is 0 Å². The first-order valence-electron chi connectivity index (χ1n) is 5.77. The Morgan fingerprint density at radius 2 is 1.76 bits per heavy atom. The second kappa shape index (κ2) is 6.06. The molecule has 2 rings (SSSR count). The van der Waals surface area contributed by atoms with Gasteiger partial charge in [-0.15, -0.1) is 0 Å². The van der Waals surface area contributed by atoms with Crippen molar-refractivity contribution in [3.05, 3.63) is 57.7 Å². The van der Waals surface area contributed by atoms with Crippen LogP contribution in [0.25, 0.3) is 6.08 Å². The molecule has 0 spiro atoms. The highest BCUT2D eigenvalue weighted by Gasteiger charge is 2.24. The number of carbonyl (C=O) groups excluding carboxylic acids is 2. The first kappa shape index (κ1) is 14.5. The molecule has 1 saturated heterocycles. The molecule has 1 aliphatic heterocycles. The van der Waals surface area contributed by atoms with Crippen LogP contribution in [0.3, 0.4) is 0 Å². The van der Waals surface area contributed by atoms with Crippen molar-refractivity contribution in [1.29, 1.82) is 0 Å². The quantitative estimate of drug-likeness (QED) is 0.286. The van der Waals surface area contributed by atoms with Crippen LogP contribution in [-0.4, -0.2) is 21.9 Å². The molecule has 1 aromatic rings. The molecule has 0 aliphatic carbocycles. The zero-order valence-electron chi connectivity index (χ0n) is 10.5. The second-order valence-corrected chi connectivity index (χ2v) is 4.40. The number of benzene rings is 1. The zero-order chi connectivity index (χ0) is 15.4. The summed E-state index contributed by atoms with van der Waals surface area (Å²) in [5.41, 5.74) is 0.177. The predicted molar refractivity (Wildman–Crippen MR) is 79.1 cm³/mol. The van der Waals surface area contributed by atoms with Gasteiger partial charge >= 0.3 is 0 Å². The number of hydrogen-bond donors (Lipinski definition) is 2. The Balaban J connectivity index is 2.24. The van der Waals surface area contributed by atoms with Crippen molar-refractivity contribution in [2.75, 3.05) is 0 Å². The van der Waals surface area contributed by atoms with E-state index in [2.05, 4.69) is 22.9 Å². The molecule has 7 nitrogen and oxygen atoms in total. The van der Waals surface area contributed by atoms with Crippen LogP contribution in [0.1, 0.15) is 5.56 Å². The van der Waals surface area contributed by atoms with E-state index in [1.54, 1.807) is 18.2 Å². The Bertz CT molecular complexity index is 687. The van der Waals surface area contributed by atoms with Gasteiger partial charge in [-0.1, -0.05) is 18.2 Å². The summed E-state index contributed by atoms with van der Waals surface area (Å²) in [5.74, 6) is -1.23. The summed E-state index contributed by atoms with van der Waals surface area (Å²) in [6.45, 7) is 0. The lowest BCUT2D eigenvalue weighted by Crippen LogP contribution is -2.51. The van der Waals surface area contributed by atoms with Crippen molar-refractivity contribution in [2.24, 2.45) is 0 Å². The molecule has 0 unspecified atom stereocenters. The molecule has 1 heterocycles. The fourth-order valence-corrected chi connectivity index (χ4v) is 1.85. The molecular weight excluding hydrogens is 294 g/mol. The van der Waals surface area contributed by atoms with E-state index < -0.39 is 16.7 Å². The Hall–Kier alpha value is -2.87. The van der Waals surface area contributed by atoms with Gasteiger partial charge in [0.15, 0.2) is 5.11 Å². The molecule has 2 N–H and O–H groups in total. The number of hydrogen-bond acceptors (Lipinski definition) is 5. The number of allylic oxidation sites excluding steroid dienone is 2. The van der Waals surface area contributed by atoms with Crippen molar-refractivity contribution >= 4 is 40.9 Å². The van der Waals surface area contributed by atoms with E-state index >= 15 is 0 Å². The lowest BCUT2D eigenvalue weighted by Gasteiger charge is -2.15. The van der Waals surface area contributed by atoms with Crippen LogP contribution < -0.4 is 10.6 Å². The monoisotopic (exact) mass is 303 g/mol. The summed E-state index contributed by atoms with van der Waals surface area (Å²) in [5, 5.41) is 15.4. The minimum atomic E-state index is -0.615. The molecule has 0 bridgehead atoms. The minimum absolute atomic E-state index is 0.0511. The summed E-state index contributed by atoms with van der Waals surface area (Å²) >= 11 is 4.66. The number of para-hydroxylation sites is 1. The van der Waals surface area contributed by atoms with Gasteiger partial charge in [-0.25, -0.2) is 0 Å². The first-order valence-corrected chi connectivity index (χ1v) is 6.18. The SMILES string of the molecule is O=C1NC(=S)NC(=O)C1=C/C=C\c1ccccc1[N+](=O)[O-]. The standard InChI is InChI=1S/C13H9N3O4S/c17-11-9(12(18)15-13(21)14-11)6-3-5-8-4-1-2-7-10(8)16(19)20/h1-7H,(H2,14,15,17,18,21)/b5-3-. The number of amides is 2. The van der Waals surface area contributed by atoms with E-state index in [0.717, 1.165) is 0 Å². The maximum atomic E-state index is 11.6. The number of nitrogens with one attached hydrogen (secondary N) is 2. The van der Waals surface area contributed by atoms with E-state index in [9.17, 15) is 19.7 Å². The van der Waals surface area contributed by atoms with Crippen molar-refractivity contribution in [3.8, 4) is 0 Å². The van der Waals surface area contributed by atoms with Crippen LogP contribution in [-0.2, 0) is 9.59 Å². The lowest BCUT2D eigenvalue weighted by molar-refractivity contribution is -0.385. The molecule has 8 heteroatoms. The molecule has 21 heavy (non-hydrogen) atoms. The smallest absolute Gasteiger partial charge is 0.276 e. The second-order valence-electron chi connectivity index (χ2n) is 3.99. The molecule has 2 amide bonds. The summed E-state index contributed by atoms with van der Waals surface area (Å²) in [6.07, 6.45) is 4.10. The average molecular weight is 303 g/mol. The van der Waals surface area contributed by atoms with Crippen molar-refractivity contribution < 1.29 is 14.5 Å². The van der Waals surface area contributed by atoms with Gasteiger partial charge in [0.05, 0.1) is 10.5 Å². The van der Waals surface area contributed by atoms with E-state index in [4.69, 9.17) is 0 Å². The number of carbonyl (C=O) groups is 2. The molecule has 0 atom stereocenters. The van der Waals surface area contributed by atoms with Gasteiger partial charge in [0.25, 0.3) is 17.5 Å². The number of nitro benzene ring substituents is 1. The van der Waals surface area contributed by atoms with Gasteiger partial charge in [-0.3, -0.25) is 30.3 Å². The maximum Gasteiger partial charge on any atom is 0.276 e. The fourth-order valence-electron chi connectivity index (χ4n) is 1.67. The van der Waals surface area contributed by atoms with Gasteiger partial charge in [0.1, 0.15) is 5.57 Å². The zero-order valence-corrected chi connectivity index (χ0v) is 11.3. The van der Waals surface area contributed by atoms with Gasteiger partial charge in [0, 0.05) is 6.07 Å². The third-order valence-corrected chi connectivity index (χ3v) is 2.82. The van der Waals surface area contributed by atoms with Crippen molar-refractivity contribution in [3.63, 3.8) is 0 Å². The molecular formula is C13H9N3O4S. The predicted octanol–water partition coefficient (Wildman–Crippen LogP) is 1.07. The van der Waals surface area contributed by atoms with E-state index in [-0.39, 0.29) is 16.4 Å². The molecule has 0 saturated carbocycles. The van der Waals surface area contributed by atoms with Crippen LogP contribution >= 0.6 is 12.2 Å². The van der Waals surface area contributed by atoms with Crippen LogP contribution in [0, 0.1) is 10.1 Å². The highest BCUT2D eigenvalue weighted by atomic mass is 32.1. The van der Waals surface area contributed by atoms with Crippen molar-refractivity contribution in [2.45, 2.75) is 0 Å². The summed E-state index contributed by atoms with van der Waals surface area (Å²) < 4.78 is 0. The van der Waals surface area contributed by atoms with E-state index in [1.165, 1.54) is 24.3 Å². The Kier molecular flexibility index (Phi) is 4.19. The Labute approximate surface area is 124 Å². The van der Waals surface area contributed by atoms with Crippen LogP contribution in [0.5, 0.6) is 0 Å². The highest BCUT2D eigenvalue weighted by Crippen LogP contribution is 2.19. The molecule has 0 aromatic heterocycles. The molecule has 1 fully saturated rings. The van der Waals surface area contributed by atoms with E-state index in [1.807, 2.05) is 0 Å². The largest absolute Gasteiger partial charge is 0.299 e. The lowest BCUT2D eigenvalue weighted by atomic mass is 10.1. The van der Waals surface area contributed by atoms with Gasteiger partial charge in [-0.05, 0) is 30.4 Å². The maximum absolute atomic E-state index is 11.6. The Morgan fingerprint density at radius 1 is 1.14 bits per heavy atom. The summed E-state index contributed by atoms with van der Waals surface area (Å²) in [7, 11) is 0. The normalized spacial score (nSPS) is 14.9. The van der Waals surface area contributed by atoms with Crippen molar-refractivity contribution in [1.82, 2.24) is 10.6 Å². The third kappa shape index (κ3) is 3.37. The Morgan fingerprint density at radius 3 is 2.38 bits per heavy atom. The number of nitrogens with zero attached hydrogens (tertiary/aromatic N) is 1. The van der Waals surface area contributed by atoms with Crippen LogP contribution in [0.4, 0.5) is 5.69 Å². The molecule has 106 valence electrons. The highest BCUT2D eigenvalue weighted by molar-refractivity contribution is 7.80. The summed E-state index contributed by atoms with van der Waals surface area (Å²) in [6, 6.07) is 6.13. The number of nitro groups is 1. The topological polar surface area (TPSA) is 101 Å². The average Bonchev–Trinajstić information content (AvgIpc) is 2.42. The minimum Gasteiger partial charge on any atom is -0.299 e. The van der Waals surface area contributed by atoms with Gasteiger partial charge in [-0.2, -0.15) is 0 Å². The number of rotatable bonds is 3. The molecule has 0 radical (unpaired) electrons. The summed E-state index contributed by atoms with van der Waals surface area (Å²) in [4.78, 5) is 33.5. The fraction of sp³-hybridized carbons (Fsp3) is 0. The van der Waals surface area contributed by atoms with E-state index in [0.29, 0.717) is 5.56 Å². The molecule has 1 aromatic carbocycles. The van der Waals surface area contributed by atoms with Crippen LogP contribution in [0.15, 0.2) is 42.0 Å².